The zero-order valence-electron chi connectivity index (χ0n) is 25.6. The number of hydrogen-bond donors (Lipinski definition) is 3. The molecule has 11 nitrogen and oxygen atoms in total. The number of anilines is 3. The zero-order chi connectivity index (χ0) is 29.8. The number of rotatable bonds is 15. The van der Waals surface area contributed by atoms with Gasteiger partial charge in [-0.1, -0.05) is 6.07 Å². The quantitative estimate of drug-likeness (QED) is 0.218. The molecule has 226 valence electrons. The van der Waals surface area contributed by atoms with Crippen molar-refractivity contribution in [2.24, 2.45) is 0 Å². The summed E-state index contributed by atoms with van der Waals surface area (Å²) >= 11 is 0. The summed E-state index contributed by atoms with van der Waals surface area (Å²) in [5.41, 5.74) is 1.80. The standard InChI is InChI=1S/C30H48N8O3/c1-22(39)31-16-19-38(17-8-7-11-24-13-12-23-10-9-15-32-28(23)35-24)18-14-25(29(40)41-30(2,3)4)36-26-20-27(37(5)6)34-21-33-26/h12-13,20-21,25H,7-11,14-19H2,1-6H3,(H,31,39)(H,32,35)(H,33,34,36). The van der Waals surface area contributed by atoms with E-state index in [0.29, 0.717) is 31.9 Å². The lowest BCUT2D eigenvalue weighted by molar-refractivity contribution is -0.156. The van der Waals surface area contributed by atoms with Crippen LogP contribution in [-0.4, -0.2) is 90.2 Å². The van der Waals surface area contributed by atoms with Crippen molar-refractivity contribution in [3.8, 4) is 0 Å². The molecule has 3 N–H and O–H groups in total. The van der Waals surface area contributed by atoms with Crippen LogP contribution in [0.1, 0.15) is 64.6 Å². The van der Waals surface area contributed by atoms with Crippen LogP contribution < -0.4 is 20.9 Å². The molecular weight excluding hydrogens is 520 g/mol. The fourth-order valence-corrected chi connectivity index (χ4v) is 4.66. The van der Waals surface area contributed by atoms with Crippen LogP contribution in [0.25, 0.3) is 0 Å². The highest BCUT2D eigenvalue weighted by Crippen LogP contribution is 2.21. The fourth-order valence-electron chi connectivity index (χ4n) is 4.66. The van der Waals surface area contributed by atoms with Crippen LogP contribution in [0, 0.1) is 0 Å². The molecule has 0 bridgehead atoms. The van der Waals surface area contributed by atoms with E-state index >= 15 is 0 Å². The van der Waals surface area contributed by atoms with Crippen molar-refractivity contribution in [1.29, 1.82) is 0 Å². The first-order valence-electron chi connectivity index (χ1n) is 14.7. The number of unbranched alkanes of at least 4 members (excludes halogenated alkanes) is 1. The van der Waals surface area contributed by atoms with Crippen molar-refractivity contribution in [3.63, 3.8) is 0 Å². The summed E-state index contributed by atoms with van der Waals surface area (Å²) in [4.78, 5) is 42.3. The third-order valence-corrected chi connectivity index (χ3v) is 6.77. The molecule has 0 saturated carbocycles. The summed E-state index contributed by atoms with van der Waals surface area (Å²) in [5, 5.41) is 9.58. The Bertz CT molecular complexity index is 1130. The lowest BCUT2D eigenvalue weighted by Gasteiger charge is -2.28. The van der Waals surface area contributed by atoms with Gasteiger partial charge in [-0.3, -0.25) is 4.79 Å². The Morgan fingerprint density at radius 2 is 1.93 bits per heavy atom. The molecule has 1 amide bonds. The second-order valence-electron chi connectivity index (χ2n) is 11.8. The smallest absolute Gasteiger partial charge is 0.329 e. The van der Waals surface area contributed by atoms with Gasteiger partial charge >= 0.3 is 5.97 Å². The highest BCUT2D eigenvalue weighted by atomic mass is 16.6. The third-order valence-electron chi connectivity index (χ3n) is 6.77. The number of hydrogen-bond acceptors (Lipinski definition) is 10. The van der Waals surface area contributed by atoms with E-state index in [0.717, 1.165) is 62.5 Å². The van der Waals surface area contributed by atoms with Gasteiger partial charge in [-0.2, -0.15) is 0 Å². The van der Waals surface area contributed by atoms with E-state index in [2.05, 4.69) is 43.0 Å². The Balaban J connectivity index is 1.61. The first-order chi connectivity index (χ1) is 19.5. The highest BCUT2D eigenvalue weighted by molar-refractivity contribution is 5.79. The molecule has 0 saturated heterocycles. The third kappa shape index (κ3) is 11.5. The number of aromatic nitrogens is 3. The second kappa shape index (κ2) is 15.5. The number of amides is 1. The molecule has 3 heterocycles. The van der Waals surface area contributed by atoms with Gasteiger partial charge in [0.2, 0.25) is 5.91 Å². The van der Waals surface area contributed by atoms with Crippen LogP contribution in [0.15, 0.2) is 24.5 Å². The summed E-state index contributed by atoms with van der Waals surface area (Å²) in [6.07, 6.45) is 7.15. The summed E-state index contributed by atoms with van der Waals surface area (Å²) in [6, 6.07) is 5.57. The Morgan fingerprint density at radius 1 is 1.12 bits per heavy atom. The summed E-state index contributed by atoms with van der Waals surface area (Å²) in [6.45, 7) is 10.9. The SMILES string of the molecule is CC(=O)NCCN(CCCCc1ccc2c(n1)NCCC2)CCC(Nc1cc(N(C)C)ncn1)C(=O)OC(C)(C)C. The average Bonchev–Trinajstić information content (AvgIpc) is 2.91. The summed E-state index contributed by atoms with van der Waals surface area (Å²) in [5.74, 6) is 1.97. The van der Waals surface area contributed by atoms with Crippen molar-refractivity contribution in [3.05, 3.63) is 35.8 Å². The number of fused-ring (bicyclic) bond motifs is 1. The van der Waals surface area contributed by atoms with Gasteiger partial charge in [-0.25, -0.2) is 19.7 Å². The maximum atomic E-state index is 13.2. The van der Waals surface area contributed by atoms with E-state index in [4.69, 9.17) is 9.72 Å². The minimum atomic E-state index is -0.608. The minimum Gasteiger partial charge on any atom is -0.458 e. The number of pyridine rings is 1. The van der Waals surface area contributed by atoms with E-state index in [1.807, 2.05) is 45.8 Å². The molecule has 0 radical (unpaired) electrons. The van der Waals surface area contributed by atoms with Crippen molar-refractivity contribution >= 4 is 29.3 Å². The maximum Gasteiger partial charge on any atom is 0.329 e. The van der Waals surface area contributed by atoms with Crippen LogP contribution in [0.5, 0.6) is 0 Å². The molecule has 2 aromatic heterocycles. The van der Waals surface area contributed by atoms with E-state index in [9.17, 15) is 9.59 Å². The molecule has 0 aliphatic carbocycles. The number of carbonyl (C=O) groups is 2. The molecular formula is C30H48N8O3. The average molecular weight is 569 g/mol. The second-order valence-corrected chi connectivity index (χ2v) is 11.8. The van der Waals surface area contributed by atoms with E-state index < -0.39 is 11.6 Å². The highest BCUT2D eigenvalue weighted by Gasteiger charge is 2.26. The van der Waals surface area contributed by atoms with Crippen molar-refractivity contribution in [2.45, 2.75) is 77.9 Å². The van der Waals surface area contributed by atoms with Gasteiger partial charge < -0.3 is 30.5 Å². The van der Waals surface area contributed by atoms with E-state index in [1.54, 1.807) is 0 Å². The topological polar surface area (TPSA) is 125 Å². The van der Waals surface area contributed by atoms with Crippen LogP contribution in [-0.2, 0) is 27.2 Å². The van der Waals surface area contributed by atoms with Crippen molar-refractivity contribution in [1.82, 2.24) is 25.2 Å². The van der Waals surface area contributed by atoms with E-state index in [1.165, 1.54) is 18.8 Å². The minimum absolute atomic E-state index is 0.0502. The molecule has 1 atom stereocenters. The Morgan fingerprint density at radius 3 is 2.66 bits per heavy atom. The first-order valence-corrected chi connectivity index (χ1v) is 14.7. The van der Waals surface area contributed by atoms with Crippen molar-refractivity contribution < 1.29 is 14.3 Å². The summed E-state index contributed by atoms with van der Waals surface area (Å²) in [7, 11) is 3.81. The largest absolute Gasteiger partial charge is 0.458 e. The lowest BCUT2D eigenvalue weighted by atomic mass is 10.1. The Kier molecular flexibility index (Phi) is 12.1. The van der Waals surface area contributed by atoms with Gasteiger partial charge in [-0.05, 0) is 77.5 Å². The number of ether oxygens (including phenoxy) is 1. The predicted octanol–water partition coefficient (Wildman–Crippen LogP) is 3.27. The number of aryl methyl sites for hydroxylation is 2. The molecule has 11 heteroatoms. The van der Waals surface area contributed by atoms with Crippen LogP contribution in [0.3, 0.4) is 0 Å². The normalized spacial score (nSPS) is 13.6. The molecule has 1 aliphatic rings. The molecule has 0 fully saturated rings. The Hall–Kier alpha value is -3.47. The zero-order valence-corrected chi connectivity index (χ0v) is 25.6. The van der Waals surface area contributed by atoms with Crippen LogP contribution in [0.2, 0.25) is 0 Å². The van der Waals surface area contributed by atoms with Gasteiger partial charge in [-0.15, -0.1) is 0 Å². The number of esters is 1. The number of carbonyl (C=O) groups excluding carboxylic acids is 2. The fraction of sp³-hybridized carbons (Fsp3) is 0.633. The van der Waals surface area contributed by atoms with Gasteiger partial charge in [0, 0.05) is 59.0 Å². The maximum absolute atomic E-state index is 13.2. The molecule has 1 unspecified atom stereocenters. The molecule has 2 aromatic rings. The molecule has 3 rings (SSSR count). The van der Waals surface area contributed by atoms with Gasteiger partial charge in [0.15, 0.2) is 0 Å². The summed E-state index contributed by atoms with van der Waals surface area (Å²) < 4.78 is 5.74. The molecule has 1 aliphatic heterocycles. The number of nitrogens with one attached hydrogen (secondary N) is 3. The predicted molar refractivity (Wildman–Crippen MR) is 163 cm³/mol. The first kappa shape index (κ1) is 32.0. The monoisotopic (exact) mass is 568 g/mol. The lowest BCUT2D eigenvalue weighted by Crippen LogP contribution is -2.41. The van der Waals surface area contributed by atoms with Crippen molar-refractivity contribution in [2.75, 3.05) is 62.4 Å². The van der Waals surface area contributed by atoms with Crippen LogP contribution in [0.4, 0.5) is 17.5 Å². The Labute approximate surface area is 244 Å². The van der Waals surface area contributed by atoms with Crippen LogP contribution >= 0.6 is 0 Å². The number of nitrogens with zero attached hydrogens (tertiary/aromatic N) is 5. The van der Waals surface area contributed by atoms with Gasteiger partial charge in [0.05, 0.1) is 0 Å². The van der Waals surface area contributed by atoms with Gasteiger partial charge in [0.1, 0.15) is 35.4 Å². The van der Waals surface area contributed by atoms with E-state index in [-0.39, 0.29) is 11.9 Å². The molecule has 41 heavy (non-hydrogen) atoms. The molecule has 0 aromatic carbocycles. The molecule has 0 spiro atoms. The van der Waals surface area contributed by atoms with Gasteiger partial charge in [0.25, 0.3) is 0 Å².